The third kappa shape index (κ3) is 8.64. The summed E-state index contributed by atoms with van der Waals surface area (Å²) < 4.78 is 13.1. The number of nitrogens with zero attached hydrogens (tertiary/aromatic N) is 10. The van der Waals surface area contributed by atoms with Crippen molar-refractivity contribution in [2.24, 2.45) is 10.8 Å². The van der Waals surface area contributed by atoms with E-state index in [1.54, 1.807) is 14.2 Å². The van der Waals surface area contributed by atoms with Gasteiger partial charge in [-0.25, -0.2) is 15.0 Å². The number of hydrogen-bond acceptors (Lipinski definition) is 15. The summed E-state index contributed by atoms with van der Waals surface area (Å²) in [5, 5.41) is 14.3. The second kappa shape index (κ2) is 14.7. The lowest BCUT2D eigenvalue weighted by atomic mass is 9.93. The van der Waals surface area contributed by atoms with Crippen molar-refractivity contribution in [3.8, 4) is 11.5 Å². The van der Waals surface area contributed by atoms with E-state index in [0.29, 0.717) is 53.1 Å². The standard InChI is InChI=1S/C41H52N14O2/c1-26-17-28(56-7)19-30(43-26)45-37-47-32(21-34(49-37)54-13-9-39(3,4)24-54)51-41(11-15-53-16-12-42-36(53)23-41)52-33-22-35(55-14-10-40(5,6)25-55)50-38(48-33)46-31-20-29(57-8)18-27(2)44-31/h11-12,15-22H,9-10,13-14,23-25H2,1-8H3,(H2,43,45,47,49,51)(H2,44,46,48,50,52). The Morgan fingerprint density at radius 3 is 1.60 bits per heavy atom. The van der Waals surface area contributed by atoms with E-state index in [4.69, 9.17) is 34.4 Å². The molecule has 57 heavy (non-hydrogen) atoms. The van der Waals surface area contributed by atoms with Gasteiger partial charge in [-0.05, 0) is 43.6 Å². The Bertz CT molecular complexity index is 2170. The number of methoxy groups -OCH3 is 2. The van der Waals surface area contributed by atoms with Crippen LogP contribution in [0.5, 0.6) is 11.5 Å². The summed E-state index contributed by atoms with van der Waals surface area (Å²) >= 11 is 0. The molecule has 3 aliphatic heterocycles. The molecule has 2 fully saturated rings. The van der Waals surface area contributed by atoms with Crippen LogP contribution in [0.15, 0.2) is 54.9 Å². The first-order valence-corrected chi connectivity index (χ1v) is 19.4. The Kier molecular flexibility index (Phi) is 9.74. The predicted octanol–water partition coefficient (Wildman–Crippen LogP) is 6.79. The van der Waals surface area contributed by atoms with Crippen LogP contribution in [-0.4, -0.2) is 85.5 Å². The van der Waals surface area contributed by atoms with E-state index in [0.717, 1.165) is 67.9 Å². The fourth-order valence-corrected chi connectivity index (χ4v) is 7.71. The van der Waals surface area contributed by atoms with Crippen molar-refractivity contribution in [2.75, 3.05) is 71.5 Å². The van der Waals surface area contributed by atoms with E-state index < -0.39 is 5.66 Å². The molecule has 5 aromatic rings. The minimum Gasteiger partial charge on any atom is -0.497 e. The Hall–Kier alpha value is -6.19. The summed E-state index contributed by atoms with van der Waals surface area (Å²) in [5.74, 6) is 7.08. The molecule has 2 saturated heterocycles. The smallest absolute Gasteiger partial charge is 0.232 e. The molecule has 16 nitrogen and oxygen atoms in total. The summed E-state index contributed by atoms with van der Waals surface area (Å²) in [6.07, 6.45) is 10.4. The van der Waals surface area contributed by atoms with Crippen molar-refractivity contribution in [3.05, 3.63) is 72.1 Å². The molecule has 4 N–H and O–H groups in total. The first-order valence-electron chi connectivity index (χ1n) is 19.4. The quantitative estimate of drug-likeness (QED) is 0.0978. The molecule has 0 bridgehead atoms. The molecular weight excluding hydrogens is 721 g/mol. The molecule has 0 spiro atoms. The van der Waals surface area contributed by atoms with Gasteiger partial charge in [-0.3, -0.25) is 0 Å². The number of nitrogens with one attached hydrogen (secondary N) is 4. The van der Waals surface area contributed by atoms with Crippen LogP contribution in [-0.2, 0) is 6.42 Å². The predicted molar refractivity (Wildman–Crippen MR) is 224 cm³/mol. The van der Waals surface area contributed by atoms with Crippen molar-refractivity contribution in [2.45, 2.75) is 66.5 Å². The zero-order valence-corrected chi connectivity index (χ0v) is 34.0. The van der Waals surface area contributed by atoms with Gasteiger partial charge in [0.05, 0.1) is 20.6 Å². The fraction of sp³-hybridized carbons (Fsp3) is 0.439. The van der Waals surface area contributed by atoms with Gasteiger partial charge >= 0.3 is 0 Å². The monoisotopic (exact) mass is 772 g/mol. The lowest BCUT2D eigenvalue weighted by Gasteiger charge is -2.36. The Labute approximate surface area is 333 Å². The van der Waals surface area contributed by atoms with Gasteiger partial charge in [-0.15, -0.1) is 0 Å². The van der Waals surface area contributed by atoms with Crippen LogP contribution in [0, 0.1) is 24.7 Å². The van der Waals surface area contributed by atoms with Crippen molar-refractivity contribution in [1.82, 2.24) is 39.5 Å². The molecule has 3 aliphatic rings. The molecule has 0 unspecified atom stereocenters. The average molecular weight is 773 g/mol. The zero-order chi connectivity index (χ0) is 40.0. The number of imidazole rings is 1. The molecule has 0 amide bonds. The van der Waals surface area contributed by atoms with Gasteiger partial charge in [-0.2, -0.15) is 19.9 Å². The number of hydrogen-bond donors (Lipinski definition) is 4. The summed E-state index contributed by atoms with van der Waals surface area (Å²) in [5.41, 5.74) is 1.02. The SMILES string of the molecule is COc1cc(C)nc(Nc2nc(NC3(Nc4cc(N5CCC(C)(C)C5)nc(Nc5cc(OC)cc(C)n5)n4)C=Cn4ccnc4C3)cc(N3CCC(C)(C)C3)n2)c1. The molecule has 5 aromatic heterocycles. The van der Waals surface area contributed by atoms with E-state index in [-0.39, 0.29) is 10.8 Å². The maximum absolute atomic E-state index is 5.53. The van der Waals surface area contributed by atoms with Crippen molar-refractivity contribution in [1.29, 1.82) is 0 Å². The maximum atomic E-state index is 5.53. The van der Waals surface area contributed by atoms with Gasteiger partial charge in [-0.1, -0.05) is 27.7 Å². The molecule has 298 valence electrons. The summed E-state index contributed by atoms with van der Waals surface area (Å²) in [6.45, 7) is 16.5. The van der Waals surface area contributed by atoms with Gasteiger partial charge in [0.2, 0.25) is 11.9 Å². The molecule has 8 rings (SSSR count). The highest BCUT2D eigenvalue weighted by Crippen LogP contribution is 2.37. The van der Waals surface area contributed by atoms with Crippen LogP contribution in [0.4, 0.5) is 46.8 Å². The molecule has 16 heteroatoms. The van der Waals surface area contributed by atoms with E-state index in [2.05, 4.69) is 74.8 Å². The molecule has 0 aliphatic carbocycles. The minimum absolute atomic E-state index is 0.156. The van der Waals surface area contributed by atoms with Gasteiger partial charge in [0.1, 0.15) is 57.9 Å². The molecule has 0 atom stereocenters. The zero-order valence-electron chi connectivity index (χ0n) is 34.0. The summed E-state index contributed by atoms with van der Waals surface area (Å²) in [6, 6.07) is 11.5. The molecule has 0 radical (unpaired) electrons. The average Bonchev–Trinajstić information content (AvgIpc) is 3.87. The van der Waals surface area contributed by atoms with Crippen molar-refractivity contribution >= 4 is 53.0 Å². The Balaban J connectivity index is 1.19. The number of anilines is 8. The van der Waals surface area contributed by atoms with Gasteiger partial charge < -0.3 is 45.1 Å². The van der Waals surface area contributed by atoms with Gasteiger partial charge in [0.15, 0.2) is 0 Å². The highest BCUT2D eigenvalue weighted by Gasteiger charge is 2.36. The number of aryl methyl sites for hydroxylation is 2. The Morgan fingerprint density at radius 1 is 0.632 bits per heavy atom. The van der Waals surface area contributed by atoms with E-state index >= 15 is 0 Å². The third-order valence-corrected chi connectivity index (χ3v) is 10.6. The number of pyridine rings is 2. The van der Waals surface area contributed by atoms with E-state index in [9.17, 15) is 0 Å². The second-order valence-corrected chi connectivity index (χ2v) is 16.8. The summed E-state index contributed by atoms with van der Waals surface area (Å²) in [4.78, 5) is 38.8. The van der Waals surface area contributed by atoms with Crippen LogP contribution in [0.1, 0.15) is 57.7 Å². The largest absolute Gasteiger partial charge is 0.497 e. The van der Waals surface area contributed by atoms with Crippen molar-refractivity contribution < 1.29 is 9.47 Å². The van der Waals surface area contributed by atoms with Crippen LogP contribution in [0.3, 0.4) is 0 Å². The second-order valence-electron chi connectivity index (χ2n) is 16.8. The minimum atomic E-state index is -0.919. The van der Waals surface area contributed by atoms with E-state index in [1.807, 2.05) is 73.4 Å². The summed E-state index contributed by atoms with van der Waals surface area (Å²) in [7, 11) is 3.29. The van der Waals surface area contributed by atoms with Gasteiger partial charge in [0, 0.05) is 92.6 Å². The lowest BCUT2D eigenvalue weighted by Crippen LogP contribution is -2.49. The van der Waals surface area contributed by atoms with Crippen LogP contribution >= 0.6 is 0 Å². The molecule has 8 heterocycles. The maximum Gasteiger partial charge on any atom is 0.232 e. The molecule has 0 aromatic carbocycles. The van der Waals surface area contributed by atoms with E-state index in [1.165, 1.54) is 0 Å². The highest BCUT2D eigenvalue weighted by molar-refractivity contribution is 5.64. The topological polar surface area (TPSA) is 168 Å². The number of aromatic nitrogens is 8. The number of ether oxygens (including phenoxy) is 2. The fourth-order valence-electron chi connectivity index (χ4n) is 7.71. The molecule has 0 saturated carbocycles. The molecular formula is C41H52N14O2. The van der Waals surface area contributed by atoms with Gasteiger partial charge in [0.25, 0.3) is 0 Å². The van der Waals surface area contributed by atoms with Crippen LogP contribution in [0.2, 0.25) is 0 Å². The normalized spacial score (nSPS) is 17.6. The van der Waals surface area contributed by atoms with Crippen LogP contribution < -0.4 is 40.5 Å². The Morgan fingerprint density at radius 2 is 1.14 bits per heavy atom. The first-order chi connectivity index (χ1) is 27.2. The number of fused-ring (bicyclic) bond motifs is 1. The first kappa shape index (κ1) is 37.7. The van der Waals surface area contributed by atoms with Crippen LogP contribution in [0.25, 0.3) is 6.20 Å². The number of rotatable bonds is 12. The lowest BCUT2D eigenvalue weighted by molar-refractivity contribution is 0.414. The highest BCUT2D eigenvalue weighted by atomic mass is 16.5. The van der Waals surface area contributed by atoms with Crippen molar-refractivity contribution in [3.63, 3.8) is 0 Å². The third-order valence-electron chi connectivity index (χ3n) is 10.6.